The second-order valence-electron chi connectivity index (χ2n) is 4.18. The summed E-state index contributed by atoms with van der Waals surface area (Å²) in [4.78, 5) is 0. The van der Waals surface area contributed by atoms with Gasteiger partial charge in [0.1, 0.15) is 0 Å². The summed E-state index contributed by atoms with van der Waals surface area (Å²) in [6.07, 6.45) is 0.434. The minimum absolute atomic E-state index is 0.0100. The molecule has 0 aliphatic carbocycles. The molecular weight excluding hydrogens is 254 g/mol. The normalized spacial score (nSPS) is 16.2. The SMILES string of the molecule is C[Si](C)(C)CC(Cl)CC(Cl)(Cl)Cl. The molecule has 0 radical (unpaired) electrons. The molecule has 0 aromatic carbocycles. The lowest BCUT2D eigenvalue weighted by Gasteiger charge is -2.22. The van der Waals surface area contributed by atoms with Gasteiger partial charge in [-0.3, -0.25) is 0 Å². The Bertz CT molecular complexity index is 119. The van der Waals surface area contributed by atoms with E-state index < -0.39 is 11.9 Å². The Hall–Kier alpha value is 1.38. The summed E-state index contributed by atoms with van der Waals surface area (Å²) in [5, 5.41) is -0.0100. The van der Waals surface area contributed by atoms with Crippen LogP contribution in [0.1, 0.15) is 6.42 Å². The molecule has 0 saturated carbocycles. The van der Waals surface area contributed by atoms with Crippen LogP contribution in [0, 0.1) is 0 Å². The van der Waals surface area contributed by atoms with Crippen LogP contribution in [0.3, 0.4) is 0 Å². The second-order valence-corrected chi connectivity index (χ2v) is 12.8. The van der Waals surface area contributed by atoms with Crippen molar-refractivity contribution >= 4 is 54.5 Å². The van der Waals surface area contributed by atoms with E-state index in [2.05, 4.69) is 19.6 Å². The summed E-state index contributed by atoms with van der Waals surface area (Å²) in [7, 11) is -1.13. The molecule has 1 unspecified atom stereocenters. The van der Waals surface area contributed by atoms with Crippen LogP contribution < -0.4 is 0 Å². The topological polar surface area (TPSA) is 0 Å². The fourth-order valence-electron chi connectivity index (χ4n) is 0.988. The Morgan fingerprint density at radius 1 is 1.17 bits per heavy atom. The summed E-state index contributed by atoms with van der Waals surface area (Å²) in [6, 6.07) is 0.989. The average molecular weight is 268 g/mol. The molecule has 5 heteroatoms. The van der Waals surface area contributed by atoms with Crippen LogP contribution in [0.5, 0.6) is 0 Å². The number of hydrogen-bond acceptors (Lipinski definition) is 0. The van der Waals surface area contributed by atoms with Gasteiger partial charge in [0.2, 0.25) is 0 Å². The number of rotatable bonds is 3. The van der Waals surface area contributed by atoms with Crippen LogP contribution in [0.15, 0.2) is 0 Å². The van der Waals surface area contributed by atoms with Crippen molar-refractivity contribution in [3.8, 4) is 0 Å². The predicted molar refractivity (Wildman–Crippen MR) is 62.7 cm³/mol. The van der Waals surface area contributed by atoms with Gasteiger partial charge in [-0.05, 0) is 6.04 Å². The van der Waals surface area contributed by atoms with Gasteiger partial charge in [0.15, 0.2) is 3.79 Å². The molecule has 0 fully saturated rings. The molecule has 0 N–H and O–H groups in total. The van der Waals surface area contributed by atoms with E-state index in [0.717, 1.165) is 6.04 Å². The van der Waals surface area contributed by atoms with Gasteiger partial charge in [0.05, 0.1) is 0 Å². The van der Waals surface area contributed by atoms with E-state index in [9.17, 15) is 0 Å². The Morgan fingerprint density at radius 2 is 1.58 bits per heavy atom. The van der Waals surface area contributed by atoms with Gasteiger partial charge in [-0.1, -0.05) is 54.4 Å². The summed E-state index contributed by atoms with van der Waals surface area (Å²) >= 11 is 22.9. The third kappa shape index (κ3) is 9.46. The molecule has 0 aliphatic rings. The summed E-state index contributed by atoms with van der Waals surface area (Å²) < 4.78 is -1.20. The maximum Gasteiger partial charge on any atom is 0.192 e. The van der Waals surface area contributed by atoms with Crippen molar-refractivity contribution < 1.29 is 0 Å². The largest absolute Gasteiger partial charge is 0.192 e. The molecule has 0 amide bonds. The van der Waals surface area contributed by atoms with Crippen LogP contribution in [0.25, 0.3) is 0 Å². The third-order valence-electron chi connectivity index (χ3n) is 1.29. The highest BCUT2D eigenvalue weighted by Crippen LogP contribution is 2.35. The predicted octanol–water partition coefficient (Wildman–Crippen LogP) is 4.69. The lowest BCUT2D eigenvalue weighted by Crippen LogP contribution is -2.26. The number of hydrogen-bond donors (Lipinski definition) is 0. The molecule has 0 aromatic rings. The summed E-state index contributed by atoms with van der Waals surface area (Å²) in [5.41, 5.74) is 0. The average Bonchev–Trinajstić information content (AvgIpc) is 1.49. The molecule has 0 nitrogen and oxygen atoms in total. The Balaban J connectivity index is 3.83. The Morgan fingerprint density at radius 3 is 1.83 bits per heavy atom. The summed E-state index contributed by atoms with van der Waals surface area (Å²) in [6.45, 7) is 6.75. The van der Waals surface area contributed by atoms with Crippen molar-refractivity contribution in [2.75, 3.05) is 0 Å². The van der Waals surface area contributed by atoms with Gasteiger partial charge in [-0.2, -0.15) is 0 Å². The maximum atomic E-state index is 6.03. The van der Waals surface area contributed by atoms with E-state index in [1.807, 2.05) is 0 Å². The first-order valence-electron chi connectivity index (χ1n) is 3.81. The van der Waals surface area contributed by atoms with E-state index in [-0.39, 0.29) is 5.38 Å². The fourth-order valence-corrected chi connectivity index (χ4v) is 4.88. The van der Waals surface area contributed by atoms with Gasteiger partial charge in [-0.15, -0.1) is 11.6 Å². The van der Waals surface area contributed by atoms with Crippen LogP contribution in [0.2, 0.25) is 25.7 Å². The lowest BCUT2D eigenvalue weighted by molar-refractivity contribution is 0.819. The molecule has 12 heavy (non-hydrogen) atoms. The molecule has 74 valence electrons. The van der Waals surface area contributed by atoms with Crippen molar-refractivity contribution in [2.24, 2.45) is 0 Å². The first-order valence-corrected chi connectivity index (χ1v) is 9.09. The van der Waals surface area contributed by atoms with Gasteiger partial charge >= 0.3 is 0 Å². The van der Waals surface area contributed by atoms with E-state index in [1.54, 1.807) is 0 Å². The van der Waals surface area contributed by atoms with Gasteiger partial charge in [-0.25, -0.2) is 0 Å². The zero-order valence-electron chi connectivity index (χ0n) is 7.50. The molecule has 0 aliphatic heterocycles. The van der Waals surface area contributed by atoms with Gasteiger partial charge < -0.3 is 0 Å². The monoisotopic (exact) mass is 266 g/mol. The maximum absolute atomic E-state index is 6.03. The minimum atomic E-state index is -1.20. The lowest BCUT2D eigenvalue weighted by atomic mass is 10.4. The van der Waals surface area contributed by atoms with Crippen molar-refractivity contribution in [3.05, 3.63) is 0 Å². The van der Waals surface area contributed by atoms with E-state index in [4.69, 9.17) is 46.4 Å². The molecule has 0 rings (SSSR count). The number of halogens is 4. The highest BCUT2D eigenvalue weighted by molar-refractivity contribution is 6.76. The zero-order chi connectivity index (χ0) is 9.99. The first-order chi connectivity index (χ1) is 5.10. The standard InChI is InChI=1S/C7H14Cl4Si/c1-12(2,3)5-6(8)4-7(9,10)11/h6H,4-5H2,1-3H3. The molecule has 0 saturated heterocycles. The van der Waals surface area contributed by atoms with Crippen molar-refractivity contribution in [3.63, 3.8) is 0 Å². The van der Waals surface area contributed by atoms with Crippen LogP contribution in [-0.2, 0) is 0 Å². The van der Waals surface area contributed by atoms with E-state index >= 15 is 0 Å². The van der Waals surface area contributed by atoms with Crippen molar-refractivity contribution in [2.45, 2.75) is 41.3 Å². The fraction of sp³-hybridized carbons (Fsp3) is 1.00. The van der Waals surface area contributed by atoms with E-state index in [1.165, 1.54) is 0 Å². The third-order valence-corrected chi connectivity index (χ3v) is 4.03. The quantitative estimate of drug-likeness (QED) is 0.514. The number of alkyl halides is 4. The highest BCUT2D eigenvalue weighted by Gasteiger charge is 2.27. The zero-order valence-corrected chi connectivity index (χ0v) is 11.5. The first kappa shape index (κ1) is 13.4. The van der Waals surface area contributed by atoms with E-state index in [0.29, 0.717) is 6.42 Å². The highest BCUT2D eigenvalue weighted by atomic mass is 35.6. The Kier molecular flexibility index (Phi) is 5.29. The molecule has 0 aromatic heterocycles. The molecule has 1 atom stereocenters. The van der Waals surface area contributed by atoms with Crippen LogP contribution >= 0.6 is 46.4 Å². The smallest absolute Gasteiger partial charge is 0.123 e. The summed E-state index contributed by atoms with van der Waals surface area (Å²) in [5.74, 6) is 0. The second kappa shape index (κ2) is 4.74. The van der Waals surface area contributed by atoms with Gasteiger partial charge in [0.25, 0.3) is 0 Å². The van der Waals surface area contributed by atoms with Crippen molar-refractivity contribution in [1.82, 2.24) is 0 Å². The molecule has 0 spiro atoms. The van der Waals surface area contributed by atoms with Gasteiger partial charge in [0, 0.05) is 19.9 Å². The minimum Gasteiger partial charge on any atom is -0.123 e. The molecule has 0 bridgehead atoms. The molecular formula is C7H14Cl4Si. The molecule has 0 heterocycles. The van der Waals surface area contributed by atoms with Crippen LogP contribution in [-0.4, -0.2) is 17.2 Å². The van der Waals surface area contributed by atoms with Crippen LogP contribution in [0.4, 0.5) is 0 Å². The van der Waals surface area contributed by atoms with Crippen molar-refractivity contribution in [1.29, 1.82) is 0 Å². The Labute approximate surface area is 95.5 Å².